The summed E-state index contributed by atoms with van der Waals surface area (Å²) in [6.07, 6.45) is 2.15. The summed E-state index contributed by atoms with van der Waals surface area (Å²) in [6.45, 7) is 1.74. The first-order valence-electron chi connectivity index (χ1n) is 8.86. The summed E-state index contributed by atoms with van der Waals surface area (Å²) in [5.74, 6) is -0.745. The largest absolute Gasteiger partial charge is 0.693 e. The van der Waals surface area contributed by atoms with E-state index < -0.39 is 5.97 Å². The molecule has 32 heavy (non-hydrogen) atoms. The molecule has 0 bridgehead atoms. The molecule has 0 aliphatic rings. The zero-order chi connectivity index (χ0) is 21.5. The number of carboxylic acids is 1. The SMILES string of the molecule is C.CCC(=O)O.OCc1ccccc1.[Cl][Pt].[NH2-].[NH2-].c1ccc2c(c1)cnc1ccccc12. The van der Waals surface area contributed by atoms with Crippen LogP contribution in [0.1, 0.15) is 26.3 Å². The summed E-state index contributed by atoms with van der Waals surface area (Å²) in [5, 5.41) is 20.0. The van der Waals surface area contributed by atoms with E-state index in [1.807, 2.05) is 54.7 Å². The minimum atomic E-state index is -0.745. The Labute approximate surface area is 205 Å². The van der Waals surface area contributed by atoms with Crippen molar-refractivity contribution in [3.8, 4) is 0 Å². The molecule has 4 rings (SSSR count). The van der Waals surface area contributed by atoms with Crippen LogP contribution in [0.4, 0.5) is 0 Å². The van der Waals surface area contributed by atoms with E-state index in [1.54, 1.807) is 25.7 Å². The van der Waals surface area contributed by atoms with E-state index in [2.05, 4.69) is 44.7 Å². The normalized spacial score (nSPS) is 8.41. The molecule has 0 fully saturated rings. The number of hydrogen-bond donors (Lipinski definition) is 2. The summed E-state index contributed by atoms with van der Waals surface area (Å²) in [5.41, 5.74) is 2.03. The second-order valence-electron chi connectivity index (χ2n) is 5.75. The van der Waals surface area contributed by atoms with Crippen LogP contribution in [0.25, 0.3) is 34.0 Å². The molecule has 0 aliphatic carbocycles. The van der Waals surface area contributed by atoms with Gasteiger partial charge in [0.05, 0.1) is 12.1 Å². The van der Waals surface area contributed by atoms with Gasteiger partial charge in [0.1, 0.15) is 0 Å². The van der Waals surface area contributed by atoms with Crippen molar-refractivity contribution in [3.63, 3.8) is 0 Å². The molecule has 179 valence electrons. The quantitative estimate of drug-likeness (QED) is 0.216. The second-order valence-corrected chi connectivity index (χ2v) is 5.75. The van der Waals surface area contributed by atoms with Crippen LogP contribution in [0, 0.1) is 0 Å². The number of para-hydroxylation sites is 1. The standard InChI is InChI=1S/C13H9N.C7H8O.C3H6O2.CH4.ClH.2H2N.Pt/c1-2-6-11-10(5-1)9-14-13-8-4-3-7-12(11)13;8-6-7-4-2-1-3-5-7;1-2-3(4)5;;;;;/h1-9H;1-5,8H,6H2;2H2,1H3,(H,4,5);1H4;1H;2*1H2;/q;;;;;2*-1;+1/p-1. The minimum Gasteiger partial charge on any atom is -0.693 e. The molecule has 1 heterocycles. The van der Waals surface area contributed by atoms with Crippen molar-refractivity contribution in [3.05, 3.63) is 103 Å². The van der Waals surface area contributed by atoms with Gasteiger partial charge in [-0.05, 0) is 17.0 Å². The fourth-order valence-corrected chi connectivity index (χ4v) is 2.39. The maximum absolute atomic E-state index is 9.37. The average molecular weight is 640 g/mol. The zero-order valence-corrected chi connectivity index (χ0v) is 20.1. The maximum Gasteiger partial charge on any atom is 0.0708 e. The Kier molecular flexibility index (Phi) is 22.0. The number of halogens is 1. The van der Waals surface area contributed by atoms with Crippen molar-refractivity contribution >= 4 is 37.1 Å². The van der Waals surface area contributed by atoms with Crippen molar-refractivity contribution in [1.82, 2.24) is 4.98 Å². The summed E-state index contributed by atoms with van der Waals surface area (Å²) in [4.78, 5) is 13.8. The first kappa shape index (κ1) is 34.3. The number of nitrogens with two attached hydrogens (primary N) is 2. The van der Waals surface area contributed by atoms with Crippen LogP contribution < -0.4 is 0 Å². The molecule has 0 spiro atoms. The molecule has 8 heteroatoms. The van der Waals surface area contributed by atoms with E-state index in [0.717, 1.165) is 11.1 Å². The number of carbonyl (C=O) groups is 1. The van der Waals surface area contributed by atoms with Gasteiger partial charge in [-0.2, -0.15) is 0 Å². The Balaban J connectivity index is -0.000000407. The number of aliphatic carboxylic acids is 1. The summed E-state index contributed by atoms with van der Waals surface area (Å²) in [7, 11) is 4.61. The predicted octanol–water partition coefficient (Wildman–Crippen LogP) is 7.81. The van der Waals surface area contributed by atoms with Crippen molar-refractivity contribution in [2.24, 2.45) is 0 Å². The Morgan fingerprint density at radius 3 is 1.84 bits per heavy atom. The number of hydrogen-bond acceptors (Lipinski definition) is 3. The third kappa shape index (κ3) is 11.9. The Bertz CT molecular complexity index is 950. The number of fused-ring (bicyclic) bond motifs is 3. The van der Waals surface area contributed by atoms with Crippen molar-refractivity contribution < 1.29 is 33.8 Å². The first-order chi connectivity index (χ1) is 14.2. The van der Waals surface area contributed by atoms with Crippen molar-refractivity contribution in [2.45, 2.75) is 27.4 Å². The zero-order valence-electron chi connectivity index (χ0n) is 17.1. The fraction of sp³-hybridized carbons (Fsp3) is 0.167. The topological polar surface area (TPSA) is 137 Å². The Hall–Kier alpha value is -2.34. The molecular formula is C24H31ClN3O3Pt-2. The van der Waals surface area contributed by atoms with E-state index >= 15 is 0 Å². The van der Waals surface area contributed by atoms with E-state index in [9.17, 15) is 4.79 Å². The van der Waals surface area contributed by atoms with Crippen LogP contribution >= 0.6 is 9.42 Å². The minimum absolute atomic E-state index is 0. The molecule has 0 radical (unpaired) electrons. The molecule has 1 aromatic heterocycles. The van der Waals surface area contributed by atoms with Crippen LogP contribution in [0.5, 0.6) is 0 Å². The molecule has 0 aliphatic heterocycles. The molecule has 0 saturated carbocycles. The van der Waals surface area contributed by atoms with Crippen molar-refractivity contribution in [1.29, 1.82) is 0 Å². The number of aliphatic hydroxyl groups is 1. The van der Waals surface area contributed by atoms with Crippen LogP contribution in [-0.2, 0) is 30.2 Å². The van der Waals surface area contributed by atoms with Gasteiger partial charge in [-0.15, -0.1) is 0 Å². The van der Waals surface area contributed by atoms with Gasteiger partial charge in [-0.1, -0.05) is 87.1 Å². The molecule has 0 unspecified atom stereocenters. The molecule has 0 atom stereocenters. The molecule has 4 aromatic rings. The molecule has 6 N–H and O–H groups in total. The van der Waals surface area contributed by atoms with E-state index in [-0.39, 0.29) is 32.8 Å². The maximum atomic E-state index is 9.37. The predicted molar refractivity (Wildman–Crippen MR) is 133 cm³/mol. The number of aliphatic hydroxyl groups excluding tert-OH is 1. The van der Waals surface area contributed by atoms with Gasteiger partial charge in [0.15, 0.2) is 0 Å². The smallest absolute Gasteiger partial charge is 0.0708 e. The number of rotatable bonds is 2. The van der Waals surface area contributed by atoms with Gasteiger partial charge in [-0.3, -0.25) is 9.78 Å². The van der Waals surface area contributed by atoms with Gasteiger partial charge in [0.2, 0.25) is 0 Å². The first-order valence-corrected chi connectivity index (χ1v) is 11.7. The number of nitrogens with zero attached hydrogens (tertiary/aromatic N) is 1. The Morgan fingerprint density at radius 1 is 0.875 bits per heavy atom. The van der Waals surface area contributed by atoms with Crippen LogP contribution in [0.3, 0.4) is 0 Å². The molecular weight excluding hydrogens is 609 g/mol. The molecule has 0 saturated heterocycles. The van der Waals surface area contributed by atoms with Crippen molar-refractivity contribution in [2.75, 3.05) is 0 Å². The van der Waals surface area contributed by atoms with Crippen LogP contribution in [0.2, 0.25) is 0 Å². The van der Waals surface area contributed by atoms with Crippen LogP contribution in [0.15, 0.2) is 85.1 Å². The number of carboxylic acid groups (broad SMARTS) is 1. The third-order valence-corrected chi connectivity index (χ3v) is 3.83. The monoisotopic (exact) mass is 639 g/mol. The number of pyridine rings is 1. The van der Waals surface area contributed by atoms with E-state index in [1.165, 1.54) is 16.2 Å². The molecule has 0 amide bonds. The second kappa shape index (κ2) is 20.6. The fourth-order valence-electron chi connectivity index (χ4n) is 2.39. The number of aromatic nitrogens is 1. The van der Waals surface area contributed by atoms with E-state index in [0.29, 0.717) is 0 Å². The van der Waals surface area contributed by atoms with Gasteiger partial charge < -0.3 is 22.5 Å². The Morgan fingerprint density at radius 2 is 1.34 bits per heavy atom. The van der Waals surface area contributed by atoms with Gasteiger partial charge in [0, 0.05) is 23.4 Å². The summed E-state index contributed by atoms with van der Waals surface area (Å²) < 4.78 is 0. The van der Waals surface area contributed by atoms with Crippen LogP contribution in [-0.4, -0.2) is 21.2 Å². The van der Waals surface area contributed by atoms with E-state index in [4.69, 9.17) is 10.2 Å². The van der Waals surface area contributed by atoms with Gasteiger partial charge in [-0.25, -0.2) is 0 Å². The number of benzene rings is 3. The summed E-state index contributed by atoms with van der Waals surface area (Å²) >= 11 is 1.61. The molecule has 6 nitrogen and oxygen atoms in total. The third-order valence-electron chi connectivity index (χ3n) is 3.83. The van der Waals surface area contributed by atoms with Gasteiger partial charge >= 0.3 is 34.2 Å². The molecule has 3 aromatic carbocycles. The van der Waals surface area contributed by atoms with Gasteiger partial charge in [0.25, 0.3) is 0 Å². The summed E-state index contributed by atoms with van der Waals surface area (Å²) in [6, 6.07) is 26.1. The average Bonchev–Trinajstić information content (AvgIpc) is 2.81.